The van der Waals surface area contributed by atoms with Crippen LogP contribution >= 0.6 is 11.6 Å². The molecule has 27 heavy (non-hydrogen) atoms. The standard InChI is InChI=1S/C23H43ClO3/c1-7-21(25)18(6)27-23(19-11-12-19)20(13-15(2)3)10-8-9-16(4)14-22(26)17(5)24/h8,10,15-23,25-26H,7,9,11-14H2,1-6H3. The molecule has 0 aromatic rings. The van der Waals surface area contributed by atoms with E-state index < -0.39 is 12.2 Å². The van der Waals surface area contributed by atoms with Crippen molar-refractivity contribution in [3.8, 4) is 0 Å². The predicted molar refractivity (Wildman–Crippen MR) is 115 cm³/mol. The summed E-state index contributed by atoms with van der Waals surface area (Å²) >= 11 is 5.98. The maximum Gasteiger partial charge on any atom is 0.0809 e. The summed E-state index contributed by atoms with van der Waals surface area (Å²) in [5.74, 6) is 2.01. The molecule has 1 fully saturated rings. The monoisotopic (exact) mass is 402 g/mol. The molecule has 0 spiro atoms. The highest BCUT2D eigenvalue weighted by molar-refractivity contribution is 6.20. The molecule has 0 saturated heterocycles. The summed E-state index contributed by atoms with van der Waals surface area (Å²) in [6.07, 6.45) is 9.80. The number of aliphatic hydroxyl groups is 2. The van der Waals surface area contributed by atoms with Crippen LogP contribution in [0.2, 0.25) is 0 Å². The molecule has 0 radical (unpaired) electrons. The van der Waals surface area contributed by atoms with Crippen LogP contribution in [-0.2, 0) is 4.74 Å². The van der Waals surface area contributed by atoms with Crippen LogP contribution in [0, 0.1) is 23.7 Å². The summed E-state index contributed by atoms with van der Waals surface area (Å²) in [5.41, 5.74) is 0. The SMILES string of the molecule is CCC(O)C(C)OC(C(C=CCC(C)CC(O)C(C)Cl)CC(C)C)C1CC1. The molecule has 1 aliphatic carbocycles. The van der Waals surface area contributed by atoms with Gasteiger partial charge in [0, 0.05) is 5.92 Å². The Morgan fingerprint density at radius 2 is 1.67 bits per heavy atom. The molecule has 1 rings (SSSR count). The van der Waals surface area contributed by atoms with Crippen LogP contribution in [-0.4, -0.2) is 40.0 Å². The quantitative estimate of drug-likeness (QED) is 0.295. The minimum Gasteiger partial charge on any atom is -0.392 e. The summed E-state index contributed by atoms with van der Waals surface area (Å²) in [6.45, 7) is 12.5. The van der Waals surface area contributed by atoms with Crippen LogP contribution in [0.3, 0.4) is 0 Å². The van der Waals surface area contributed by atoms with E-state index in [0.29, 0.717) is 23.7 Å². The Morgan fingerprint density at radius 3 is 2.15 bits per heavy atom. The molecule has 7 unspecified atom stereocenters. The molecule has 0 amide bonds. The smallest absolute Gasteiger partial charge is 0.0809 e. The highest BCUT2D eigenvalue weighted by atomic mass is 35.5. The zero-order valence-electron chi connectivity index (χ0n) is 18.3. The maximum atomic E-state index is 10.1. The van der Waals surface area contributed by atoms with Crippen LogP contribution in [0.1, 0.15) is 80.1 Å². The summed E-state index contributed by atoms with van der Waals surface area (Å²) in [7, 11) is 0. The van der Waals surface area contributed by atoms with E-state index in [1.165, 1.54) is 12.8 Å². The van der Waals surface area contributed by atoms with Gasteiger partial charge >= 0.3 is 0 Å². The van der Waals surface area contributed by atoms with Crippen molar-refractivity contribution in [1.82, 2.24) is 0 Å². The van der Waals surface area contributed by atoms with Gasteiger partial charge in [-0.15, -0.1) is 11.6 Å². The van der Waals surface area contributed by atoms with Crippen LogP contribution in [0.15, 0.2) is 12.2 Å². The summed E-state index contributed by atoms with van der Waals surface area (Å²) in [6, 6.07) is 0. The lowest BCUT2D eigenvalue weighted by Gasteiger charge is -2.31. The number of allylic oxidation sites excluding steroid dienone is 1. The molecule has 0 bridgehead atoms. The van der Waals surface area contributed by atoms with Gasteiger partial charge in [-0.05, 0) is 70.1 Å². The first-order valence-electron chi connectivity index (χ1n) is 11.0. The fourth-order valence-electron chi connectivity index (χ4n) is 3.71. The van der Waals surface area contributed by atoms with Gasteiger partial charge in [0.15, 0.2) is 0 Å². The third-order valence-corrected chi connectivity index (χ3v) is 5.97. The Bertz CT molecular complexity index is 420. The number of halogens is 1. The second-order valence-corrected chi connectivity index (χ2v) is 9.85. The predicted octanol–water partition coefficient (Wildman–Crippen LogP) is 5.56. The van der Waals surface area contributed by atoms with Crippen molar-refractivity contribution in [3.63, 3.8) is 0 Å². The van der Waals surface area contributed by atoms with Crippen molar-refractivity contribution in [2.45, 2.75) is 110 Å². The third kappa shape index (κ3) is 9.78. The molecule has 0 aliphatic heterocycles. The molecule has 0 heterocycles. The van der Waals surface area contributed by atoms with Gasteiger partial charge in [-0.3, -0.25) is 0 Å². The fraction of sp³-hybridized carbons (Fsp3) is 0.913. The Labute approximate surface area is 172 Å². The van der Waals surface area contributed by atoms with Gasteiger partial charge in [-0.25, -0.2) is 0 Å². The molecule has 2 N–H and O–H groups in total. The zero-order chi connectivity index (χ0) is 20.6. The number of alkyl halides is 1. The van der Waals surface area contributed by atoms with E-state index in [2.05, 4.69) is 32.9 Å². The molecular formula is C23H43ClO3. The summed E-state index contributed by atoms with van der Waals surface area (Å²) in [5, 5.41) is 19.9. The lowest BCUT2D eigenvalue weighted by molar-refractivity contribution is -0.0917. The Hall–Kier alpha value is -0.0900. The molecule has 4 heteroatoms. The highest BCUT2D eigenvalue weighted by Crippen LogP contribution is 2.41. The van der Waals surface area contributed by atoms with Crippen molar-refractivity contribution in [1.29, 1.82) is 0 Å². The Morgan fingerprint density at radius 1 is 1.04 bits per heavy atom. The maximum absolute atomic E-state index is 10.1. The zero-order valence-corrected chi connectivity index (χ0v) is 19.0. The molecule has 160 valence electrons. The number of hydrogen-bond acceptors (Lipinski definition) is 3. The van der Waals surface area contributed by atoms with E-state index in [0.717, 1.165) is 25.7 Å². The van der Waals surface area contributed by atoms with Crippen molar-refractivity contribution in [3.05, 3.63) is 12.2 Å². The van der Waals surface area contributed by atoms with E-state index in [-0.39, 0.29) is 17.6 Å². The van der Waals surface area contributed by atoms with Crippen molar-refractivity contribution in [2.24, 2.45) is 23.7 Å². The minimum absolute atomic E-state index is 0.122. The first-order chi connectivity index (χ1) is 12.6. The normalized spacial score (nSPS) is 23.2. The van der Waals surface area contributed by atoms with Gasteiger partial charge in [-0.2, -0.15) is 0 Å². The van der Waals surface area contributed by atoms with Crippen LogP contribution < -0.4 is 0 Å². The van der Waals surface area contributed by atoms with Crippen molar-refractivity contribution < 1.29 is 14.9 Å². The van der Waals surface area contributed by atoms with Crippen LogP contribution in [0.25, 0.3) is 0 Å². The van der Waals surface area contributed by atoms with Gasteiger partial charge in [0.1, 0.15) is 0 Å². The van der Waals surface area contributed by atoms with E-state index in [4.69, 9.17) is 16.3 Å². The van der Waals surface area contributed by atoms with E-state index >= 15 is 0 Å². The molecular weight excluding hydrogens is 360 g/mol. The Kier molecular flexibility index (Phi) is 11.5. The molecule has 1 aliphatic rings. The minimum atomic E-state index is -0.444. The van der Waals surface area contributed by atoms with Gasteiger partial charge in [0.2, 0.25) is 0 Å². The highest BCUT2D eigenvalue weighted by Gasteiger charge is 2.38. The van der Waals surface area contributed by atoms with Gasteiger partial charge in [0.05, 0.1) is 29.8 Å². The molecule has 0 aromatic heterocycles. The van der Waals surface area contributed by atoms with E-state index in [1.807, 2.05) is 20.8 Å². The van der Waals surface area contributed by atoms with E-state index in [9.17, 15) is 10.2 Å². The number of aliphatic hydroxyl groups excluding tert-OH is 2. The molecule has 3 nitrogen and oxygen atoms in total. The molecule has 1 saturated carbocycles. The third-order valence-electron chi connectivity index (χ3n) is 5.68. The van der Waals surface area contributed by atoms with Gasteiger partial charge in [0.25, 0.3) is 0 Å². The summed E-state index contributed by atoms with van der Waals surface area (Å²) < 4.78 is 6.38. The van der Waals surface area contributed by atoms with Crippen molar-refractivity contribution >= 4 is 11.6 Å². The van der Waals surface area contributed by atoms with Crippen LogP contribution in [0.4, 0.5) is 0 Å². The number of rotatable bonds is 14. The molecule has 0 aromatic carbocycles. The first kappa shape index (κ1) is 24.9. The lowest BCUT2D eigenvalue weighted by atomic mass is 9.88. The average Bonchev–Trinajstić information content (AvgIpc) is 3.42. The summed E-state index contributed by atoms with van der Waals surface area (Å²) in [4.78, 5) is 0. The first-order valence-corrected chi connectivity index (χ1v) is 11.4. The average molecular weight is 403 g/mol. The number of ether oxygens (including phenoxy) is 1. The van der Waals surface area contributed by atoms with Crippen LogP contribution in [0.5, 0.6) is 0 Å². The fourth-order valence-corrected chi connectivity index (χ4v) is 3.81. The largest absolute Gasteiger partial charge is 0.392 e. The second-order valence-electron chi connectivity index (χ2n) is 9.16. The van der Waals surface area contributed by atoms with Gasteiger partial charge < -0.3 is 14.9 Å². The van der Waals surface area contributed by atoms with E-state index in [1.54, 1.807) is 0 Å². The lowest BCUT2D eigenvalue weighted by Crippen LogP contribution is -2.35. The second kappa shape index (κ2) is 12.5. The van der Waals surface area contributed by atoms with Gasteiger partial charge in [-0.1, -0.05) is 39.8 Å². The van der Waals surface area contributed by atoms with Crippen molar-refractivity contribution in [2.75, 3.05) is 0 Å². The molecule has 7 atom stereocenters. The topological polar surface area (TPSA) is 49.7 Å². The Balaban J connectivity index is 2.71. The number of hydrogen-bond donors (Lipinski definition) is 2.